The van der Waals surface area contributed by atoms with E-state index in [1.165, 1.54) is 12.3 Å². The fourth-order valence-electron chi connectivity index (χ4n) is 2.09. The van der Waals surface area contributed by atoms with Crippen LogP contribution in [-0.2, 0) is 11.2 Å². The highest BCUT2D eigenvalue weighted by Crippen LogP contribution is 2.21. The maximum atomic E-state index is 11.5. The normalized spacial score (nSPS) is 16.8. The largest absolute Gasteiger partial charge is 0.464 e. The number of aromatic nitrogens is 1. The van der Waals surface area contributed by atoms with Crippen LogP contribution in [0.4, 0.5) is 5.69 Å². The predicted octanol–water partition coefficient (Wildman–Crippen LogP) is 3.01. The van der Waals surface area contributed by atoms with Gasteiger partial charge < -0.3 is 4.74 Å². The number of allylic oxidation sites excluding steroid dienone is 6. The van der Waals surface area contributed by atoms with Crippen LogP contribution in [-0.4, -0.2) is 23.0 Å². The van der Waals surface area contributed by atoms with E-state index in [0.717, 1.165) is 12.7 Å². The number of pyridine rings is 1. The van der Waals surface area contributed by atoms with E-state index in [2.05, 4.69) is 28.8 Å². The van der Waals surface area contributed by atoms with Crippen molar-refractivity contribution in [3.8, 4) is 0 Å². The minimum atomic E-state index is -0.816. The number of nitrogens with zero attached hydrogens (tertiary/aromatic N) is 2. The van der Waals surface area contributed by atoms with Crippen LogP contribution in [0.5, 0.6) is 0 Å². The first kappa shape index (κ1) is 15.6. The molecule has 6 nitrogen and oxygen atoms in total. The summed E-state index contributed by atoms with van der Waals surface area (Å²) in [5, 5.41) is 11.1. The van der Waals surface area contributed by atoms with Crippen LogP contribution in [0.25, 0.3) is 0 Å². The summed E-state index contributed by atoms with van der Waals surface area (Å²) >= 11 is 0. The highest BCUT2D eigenvalue weighted by molar-refractivity contribution is 5.91. The first-order chi connectivity index (χ1) is 10.5. The summed E-state index contributed by atoms with van der Waals surface area (Å²) in [6, 6.07) is 1.37. The molecular weight excluding hydrogens is 284 g/mol. The van der Waals surface area contributed by atoms with Gasteiger partial charge in [-0.2, -0.15) is 0 Å². The molecule has 22 heavy (non-hydrogen) atoms. The van der Waals surface area contributed by atoms with E-state index in [1.54, 1.807) is 0 Å². The van der Waals surface area contributed by atoms with Gasteiger partial charge in [0.1, 0.15) is 0 Å². The standard InChI is InChI=1S/C16H16N2O4/c1-11-4-3-5-12(7-6-11)8-13-9-14(18(20)21)15(17-10-13)16(19)22-2/h3-7,9-11H,8H2,1-2H3. The highest BCUT2D eigenvalue weighted by atomic mass is 16.6. The van der Waals surface area contributed by atoms with Crippen molar-refractivity contribution in [1.29, 1.82) is 0 Å². The molecule has 2 rings (SSSR count). The van der Waals surface area contributed by atoms with Gasteiger partial charge in [0, 0.05) is 12.3 Å². The highest BCUT2D eigenvalue weighted by Gasteiger charge is 2.23. The Bertz CT molecular complexity index is 689. The van der Waals surface area contributed by atoms with E-state index >= 15 is 0 Å². The number of nitro groups is 1. The molecular formula is C16H16N2O4. The molecule has 1 aliphatic carbocycles. The van der Waals surface area contributed by atoms with Crippen LogP contribution in [0.2, 0.25) is 0 Å². The smallest absolute Gasteiger partial charge is 0.363 e. The van der Waals surface area contributed by atoms with Crippen LogP contribution in [0.3, 0.4) is 0 Å². The fourth-order valence-corrected chi connectivity index (χ4v) is 2.09. The molecule has 1 unspecified atom stereocenters. The summed E-state index contributed by atoms with van der Waals surface area (Å²) < 4.78 is 4.51. The van der Waals surface area contributed by atoms with Crippen molar-refractivity contribution >= 4 is 11.7 Å². The summed E-state index contributed by atoms with van der Waals surface area (Å²) in [5.74, 6) is -0.466. The lowest BCUT2D eigenvalue weighted by molar-refractivity contribution is -0.385. The van der Waals surface area contributed by atoms with Crippen molar-refractivity contribution in [3.05, 3.63) is 69.6 Å². The molecule has 0 fully saturated rings. The van der Waals surface area contributed by atoms with Gasteiger partial charge >= 0.3 is 11.7 Å². The monoisotopic (exact) mass is 300 g/mol. The lowest BCUT2D eigenvalue weighted by Gasteiger charge is -2.05. The van der Waals surface area contributed by atoms with E-state index in [9.17, 15) is 14.9 Å². The van der Waals surface area contributed by atoms with Crippen molar-refractivity contribution in [2.45, 2.75) is 13.3 Å². The van der Waals surface area contributed by atoms with E-state index in [0.29, 0.717) is 17.9 Å². The minimum Gasteiger partial charge on any atom is -0.464 e. The molecule has 0 saturated carbocycles. The minimum absolute atomic E-state index is 0.282. The molecule has 0 aromatic carbocycles. The zero-order valence-corrected chi connectivity index (χ0v) is 12.4. The van der Waals surface area contributed by atoms with Crippen LogP contribution in [0.15, 0.2) is 48.2 Å². The van der Waals surface area contributed by atoms with Gasteiger partial charge in [0.2, 0.25) is 5.69 Å². The Balaban J connectivity index is 2.30. The van der Waals surface area contributed by atoms with Crippen molar-refractivity contribution in [1.82, 2.24) is 4.98 Å². The van der Waals surface area contributed by atoms with Crippen LogP contribution >= 0.6 is 0 Å². The Hall–Kier alpha value is -2.76. The molecule has 1 aliphatic rings. The SMILES string of the molecule is COC(=O)c1ncc(CC2=CC=CC(C)C=C2)cc1[N+](=O)[O-]. The quantitative estimate of drug-likeness (QED) is 0.485. The lowest BCUT2D eigenvalue weighted by Crippen LogP contribution is -2.09. The summed E-state index contributed by atoms with van der Waals surface area (Å²) in [5.41, 5.74) is 1.06. The maximum Gasteiger partial charge on any atom is 0.363 e. The van der Waals surface area contributed by atoms with E-state index in [-0.39, 0.29) is 11.4 Å². The number of carbonyl (C=O) groups excluding carboxylic acids is 1. The zero-order chi connectivity index (χ0) is 16.1. The van der Waals surface area contributed by atoms with Crippen LogP contribution in [0.1, 0.15) is 23.0 Å². The number of hydrogen-bond acceptors (Lipinski definition) is 5. The number of hydrogen-bond donors (Lipinski definition) is 0. The molecule has 1 aromatic heterocycles. The van der Waals surface area contributed by atoms with E-state index < -0.39 is 10.9 Å². The van der Waals surface area contributed by atoms with Crippen LogP contribution < -0.4 is 0 Å². The zero-order valence-electron chi connectivity index (χ0n) is 12.4. The van der Waals surface area contributed by atoms with Crippen molar-refractivity contribution in [3.63, 3.8) is 0 Å². The fraction of sp³-hybridized carbons (Fsp3) is 0.250. The first-order valence-electron chi connectivity index (χ1n) is 6.78. The van der Waals surface area contributed by atoms with Gasteiger partial charge in [-0.05, 0) is 23.5 Å². The number of ether oxygens (including phenoxy) is 1. The Morgan fingerprint density at radius 3 is 2.91 bits per heavy atom. The van der Waals surface area contributed by atoms with Gasteiger partial charge in [0.25, 0.3) is 0 Å². The topological polar surface area (TPSA) is 82.3 Å². The molecule has 1 heterocycles. The predicted molar refractivity (Wildman–Crippen MR) is 81.5 cm³/mol. The number of esters is 1. The average Bonchev–Trinajstić information content (AvgIpc) is 2.71. The van der Waals surface area contributed by atoms with Gasteiger partial charge in [0.05, 0.1) is 12.0 Å². The van der Waals surface area contributed by atoms with Gasteiger partial charge in [-0.15, -0.1) is 0 Å². The van der Waals surface area contributed by atoms with Gasteiger partial charge in [0.15, 0.2) is 0 Å². The van der Waals surface area contributed by atoms with Crippen LogP contribution in [0, 0.1) is 16.0 Å². The second kappa shape index (κ2) is 6.80. The van der Waals surface area contributed by atoms with Crippen molar-refractivity contribution < 1.29 is 14.5 Å². The molecule has 1 aromatic rings. The Labute approximate surface area is 128 Å². The van der Waals surface area contributed by atoms with Crippen molar-refractivity contribution in [2.24, 2.45) is 5.92 Å². The molecule has 0 aliphatic heterocycles. The number of carbonyl (C=O) groups is 1. The molecule has 0 bridgehead atoms. The molecule has 0 saturated heterocycles. The second-order valence-corrected chi connectivity index (χ2v) is 4.98. The molecule has 6 heteroatoms. The molecule has 114 valence electrons. The first-order valence-corrected chi connectivity index (χ1v) is 6.78. The molecule has 0 amide bonds. The van der Waals surface area contributed by atoms with E-state index in [1.807, 2.05) is 18.2 Å². The summed E-state index contributed by atoms with van der Waals surface area (Å²) in [4.78, 5) is 25.9. The molecule has 0 radical (unpaired) electrons. The summed E-state index contributed by atoms with van der Waals surface area (Å²) in [7, 11) is 1.16. The molecule has 1 atom stereocenters. The lowest BCUT2D eigenvalue weighted by atomic mass is 10.0. The number of rotatable bonds is 4. The summed E-state index contributed by atoms with van der Waals surface area (Å²) in [6.45, 7) is 2.07. The third kappa shape index (κ3) is 3.66. The Morgan fingerprint density at radius 2 is 2.23 bits per heavy atom. The van der Waals surface area contributed by atoms with Gasteiger partial charge in [-0.1, -0.05) is 37.3 Å². The third-order valence-corrected chi connectivity index (χ3v) is 3.25. The Kier molecular flexibility index (Phi) is 4.83. The number of methoxy groups -OCH3 is 1. The molecule has 0 spiro atoms. The second-order valence-electron chi connectivity index (χ2n) is 4.98. The summed E-state index contributed by atoms with van der Waals surface area (Å²) in [6.07, 6.45) is 12.0. The molecule has 0 N–H and O–H groups in total. The van der Waals surface area contributed by atoms with Gasteiger partial charge in [-0.3, -0.25) is 10.1 Å². The third-order valence-electron chi connectivity index (χ3n) is 3.25. The van der Waals surface area contributed by atoms with Crippen molar-refractivity contribution in [2.75, 3.05) is 7.11 Å². The average molecular weight is 300 g/mol. The Morgan fingerprint density at radius 1 is 1.45 bits per heavy atom. The van der Waals surface area contributed by atoms with Gasteiger partial charge in [-0.25, -0.2) is 9.78 Å². The maximum absolute atomic E-state index is 11.5. The van der Waals surface area contributed by atoms with E-state index in [4.69, 9.17) is 0 Å².